The van der Waals surface area contributed by atoms with Gasteiger partial charge in [-0.1, -0.05) is 0 Å². The summed E-state index contributed by atoms with van der Waals surface area (Å²) in [6, 6.07) is 8.50. The summed E-state index contributed by atoms with van der Waals surface area (Å²) in [7, 11) is 0. The van der Waals surface area contributed by atoms with Crippen LogP contribution in [0, 0.1) is 0 Å². The minimum Gasteiger partial charge on any atom is -1.00 e. The van der Waals surface area contributed by atoms with Crippen LogP contribution in [0.5, 0.6) is 0 Å². The van der Waals surface area contributed by atoms with Crippen LogP contribution in [0.3, 0.4) is 0 Å². The molecule has 18 heavy (non-hydrogen) atoms. The molecule has 0 heterocycles. The van der Waals surface area contributed by atoms with Crippen molar-refractivity contribution in [3.05, 3.63) is 34.9 Å². The summed E-state index contributed by atoms with van der Waals surface area (Å²) >= 11 is 5.06. The Kier molecular flexibility index (Phi) is 12.1. The van der Waals surface area contributed by atoms with Crippen molar-refractivity contribution in [2.75, 3.05) is 0 Å². The first-order valence-corrected chi connectivity index (χ1v) is 12.0. The first-order chi connectivity index (χ1) is 8.26. The molecule has 0 bridgehead atoms. The van der Waals surface area contributed by atoms with Gasteiger partial charge in [-0.3, -0.25) is 0 Å². The van der Waals surface area contributed by atoms with E-state index in [9.17, 15) is 0 Å². The summed E-state index contributed by atoms with van der Waals surface area (Å²) in [4.78, 5) is 0. The Balaban J connectivity index is 0.00000289. The zero-order valence-electron chi connectivity index (χ0n) is 11.4. The van der Waals surface area contributed by atoms with Crippen LogP contribution in [-0.2, 0) is 4.47 Å². The summed E-state index contributed by atoms with van der Waals surface area (Å²) in [5.74, 6) is 0. The van der Waals surface area contributed by atoms with E-state index in [1.165, 1.54) is 35.7 Å². The Labute approximate surface area is 135 Å². The second-order valence-electron chi connectivity index (χ2n) is 4.50. The van der Waals surface area contributed by atoms with Crippen molar-refractivity contribution in [1.82, 2.24) is 0 Å². The molecule has 0 saturated heterocycles. The summed E-state index contributed by atoms with van der Waals surface area (Å²) in [5, 5.41) is 0.859. The van der Waals surface area contributed by atoms with Gasteiger partial charge in [-0.15, -0.1) is 0 Å². The molecular formula is C15H24BrClTe. The molecule has 1 aromatic rings. The second-order valence-corrected chi connectivity index (χ2v) is 11.6. The Morgan fingerprint density at radius 1 is 0.944 bits per heavy atom. The van der Waals surface area contributed by atoms with Crippen molar-refractivity contribution in [3.8, 4) is 0 Å². The van der Waals surface area contributed by atoms with Crippen LogP contribution in [0.4, 0.5) is 0 Å². The van der Waals surface area contributed by atoms with Crippen LogP contribution >= 0.6 is 11.6 Å². The smallest absolute Gasteiger partial charge is 1.00 e. The van der Waals surface area contributed by atoms with Gasteiger partial charge in [-0.2, -0.15) is 0 Å². The van der Waals surface area contributed by atoms with Gasteiger partial charge in [-0.05, 0) is 0 Å². The standard InChI is InChI=1S/C15H24ClTe.BrH/c1-3-5-11-17(12-6-4-2)13-14-7-9-15(16)10-8-14;/h7-10H,3-6,11-13H2,1-2H3;1H/q+1;/p-1. The molecule has 0 amide bonds. The van der Waals surface area contributed by atoms with Crippen LogP contribution in [0.1, 0.15) is 45.1 Å². The molecule has 0 aromatic heterocycles. The summed E-state index contributed by atoms with van der Waals surface area (Å²) < 4.78 is 4.48. The van der Waals surface area contributed by atoms with Gasteiger partial charge >= 0.3 is 119 Å². The first-order valence-electron chi connectivity index (χ1n) is 6.64. The van der Waals surface area contributed by atoms with Crippen molar-refractivity contribution in [3.63, 3.8) is 0 Å². The predicted molar refractivity (Wildman–Crippen MR) is 80.3 cm³/mol. The largest absolute Gasteiger partial charge is 1.00 e. The molecular weight excluding hydrogens is 423 g/mol. The van der Waals surface area contributed by atoms with Gasteiger partial charge in [0.05, 0.1) is 0 Å². The monoisotopic (exact) mass is 448 g/mol. The number of benzene rings is 1. The normalized spacial score (nSPS) is 10.4. The third-order valence-electron chi connectivity index (χ3n) is 2.86. The van der Waals surface area contributed by atoms with E-state index < -0.39 is 19.6 Å². The minimum atomic E-state index is -0.871. The Hall–Kier alpha value is 0.780. The maximum absolute atomic E-state index is 5.93. The van der Waals surface area contributed by atoms with E-state index in [-0.39, 0.29) is 17.0 Å². The first kappa shape index (κ1) is 18.8. The van der Waals surface area contributed by atoms with Gasteiger partial charge in [-0.25, -0.2) is 0 Å². The molecule has 0 aliphatic heterocycles. The maximum atomic E-state index is 5.93. The SMILES string of the molecule is CCCC[Te+](CCCC)Cc1ccc(Cl)cc1.[Br-]. The fraction of sp³-hybridized carbons (Fsp3) is 0.600. The van der Waals surface area contributed by atoms with Crippen molar-refractivity contribution in [2.24, 2.45) is 0 Å². The molecule has 0 nitrogen and oxygen atoms in total. The van der Waals surface area contributed by atoms with Crippen molar-refractivity contribution < 1.29 is 17.0 Å². The second kappa shape index (κ2) is 11.6. The van der Waals surface area contributed by atoms with Gasteiger partial charge in [0.1, 0.15) is 0 Å². The molecule has 3 heteroatoms. The number of hydrogen-bond donors (Lipinski definition) is 0. The van der Waals surface area contributed by atoms with E-state index in [1.807, 2.05) is 12.1 Å². The molecule has 0 atom stereocenters. The number of halogens is 2. The van der Waals surface area contributed by atoms with Gasteiger partial charge in [0.2, 0.25) is 0 Å². The molecule has 104 valence electrons. The van der Waals surface area contributed by atoms with Crippen LogP contribution < -0.4 is 17.0 Å². The zero-order chi connectivity index (χ0) is 12.5. The average Bonchev–Trinajstić information content (AvgIpc) is 2.35. The molecule has 0 spiro atoms. The molecule has 0 radical (unpaired) electrons. The van der Waals surface area contributed by atoms with Crippen molar-refractivity contribution in [2.45, 2.75) is 52.9 Å². The van der Waals surface area contributed by atoms with E-state index in [0.29, 0.717) is 0 Å². The molecule has 0 saturated carbocycles. The van der Waals surface area contributed by atoms with Gasteiger partial charge in [0.25, 0.3) is 0 Å². The molecule has 1 rings (SSSR count). The summed E-state index contributed by atoms with van der Waals surface area (Å²) in [6.45, 7) is 4.61. The Bertz CT molecular complexity index is 292. The van der Waals surface area contributed by atoms with E-state index >= 15 is 0 Å². The third-order valence-corrected chi connectivity index (χ3v) is 10.2. The van der Waals surface area contributed by atoms with Crippen LogP contribution in [0.15, 0.2) is 24.3 Å². The van der Waals surface area contributed by atoms with E-state index in [0.717, 1.165) is 5.02 Å². The number of rotatable bonds is 8. The zero-order valence-corrected chi connectivity index (χ0v) is 16.1. The fourth-order valence-electron chi connectivity index (χ4n) is 1.76. The topological polar surface area (TPSA) is 0 Å². The van der Waals surface area contributed by atoms with Crippen LogP contribution in [-0.4, -0.2) is 19.6 Å². The quantitative estimate of drug-likeness (QED) is 0.538. The third kappa shape index (κ3) is 8.05. The molecule has 0 aliphatic carbocycles. The molecule has 1 aromatic carbocycles. The fourth-order valence-corrected chi connectivity index (χ4v) is 9.17. The average molecular weight is 447 g/mol. The molecule has 0 N–H and O–H groups in total. The van der Waals surface area contributed by atoms with Crippen LogP contribution in [0.25, 0.3) is 0 Å². The van der Waals surface area contributed by atoms with Crippen molar-refractivity contribution in [1.29, 1.82) is 0 Å². The Morgan fingerprint density at radius 2 is 1.44 bits per heavy atom. The summed E-state index contributed by atoms with van der Waals surface area (Å²) in [6.07, 6.45) is 5.58. The minimum absolute atomic E-state index is 0. The number of hydrogen-bond acceptors (Lipinski definition) is 0. The van der Waals surface area contributed by atoms with Crippen molar-refractivity contribution >= 4 is 31.2 Å². The van der Waals surface area contributed by atoms with Gasteiger partial charge in [0.15, 0.2) is 0 Å². The summed E-state index contributed by atoms with van der Waals surface area (Å²) in [5.41, 5.74) is 1.51. The maximum Gasteiger partial charge on any atom is -1.00 e. The van der Waals surface area contributed by atoms with E-state index in [4.69, 9.17) is 11.6 Å². The van der Waals surface area contributed by atoms with Gasteiger partial charge < -0.3 is 17.0 Å². The van der Waals surface area contributed by atoms with E-state index in [2.05, 4.69) is 26.0 Å². The molecule has 0 unspecified atom stereocenters. The van der Waals surface area contributed by atoms with Gasteiger partial charge in [0, 0.05) is 0 Å². The molecule has 0 fully saturated rings. The van der Waals surface area contributed by atoms with E-state index in [1.54, 1.807) is 8.94 Å². The Morgan fingerprint density at radius 3 is 1.89 bits per heavy atom. The molecule has 0 aliphatic rings. The number of unbranched alkanes of at least 4 members (excludes halogenated alkanes) is 2. The predicted octanol–water partition coefficient (Wildman–Crippen LogP) is 2.52. The van der Waals surface area contributed by atoms with Crippen LogP contribution in [0.2, 0.25) is 14.0 Å².